The standard InChI is InChI=1S/C4H8O8S3.2Na/c5-13(6)1-3(14(7,8)9)4(2-13)15(10,11)12;;/h3-4H,1-2H2,(H,7,8,9)(H,10,11,12);;. The van der Waals surface area contributed by atoms with E-state index in [1.54, 1.807) is 0 Å². The summed E-state index contributed by atoms with van der Waals surface area (Å²) in [6.07, 6.45) is 0. The van der Waals surface area contributed by atoms with Crippen LogP contribution in [0.1, 0.15) is 0 Å². The van der Waals surface area contributed by atoms with Gasteiger partial charge in [0.1, 0.15) is 10.5 Å². The van der Waals surface area contributed by atoms with Crippen LogP contribution in [0.3, 0.4) is 0 Å². The van der Waals surface area contributed by atoms with E-state index in [0.717, 1.165) is 0 Å². The van der Waals surface area contributed by atoms with Crippen LogP contribution < -0.4 is 0 Å². The van der Waals surface area contributed by atoms with Crippen molar-refractivity contribution >= 4 is 89.2 Å². The van der Waals surface area contributed by atoms with Crippen molar-refractivity contribution in [3.63, 3.8) is 0 Å². The Kier molecular flexibility index (Phi) is 8.03. The first-order valence-electron chi connectivity index (χ1n) is 3.56. The van der Waals surface area contributed by atoms with E-state index in [-0.39, 0.29) is 59.1 Å². The van der Waals surface area contributed by atoms with Crippen LogP contribution in [0.5, 0.6) is 0 Å². The summed E-state index contributed by atoms with van der Waals surface area (Å²) in [5.41, 5.74) is 0. The number of sulfone groups is 1. The van der Waals surface area contributed by atoms with Gasteiger partial charge in [-0.25, -0.2) is 8.42 Å². The number of hydrogen-bond donors (Lipinski definition) is 2. The van der Waals surface area contributed by atoms with E-state index in [4.69, 9.17) is 9.11 Å². The Morgan fingerprint density at radius 1 is 0.824 bits per heavy atom. The SMILES string of the molecule is O=S1(=O)CC(S(=O)(=O)O)C(S(=O)(=O)O)C1.[Na].[Na]. The Morgan fingerprint density at radius 2 is 1.06 bits per heavy atom. The fourth-order valence-electron chi connectivity index (χ4n) is 1.34. The predicted octanol–water partition coefficient (Wildman–Crippen LogP) is -2.83. The first kappa shape index (κ1) is 21.1. The molecule has 1 aliphatic heterocycles. The smallest absolute Gasteiger partial charge is 0.270 e. The third kappa shape index (κ3) is 5.73. The number of hydrogen-bond acceptors (Lipinski definition) is 6. The summed E-state index contributed by atoms with van der Waals surface area (Å²) in [6.45, 7) is 0. The normalized spacial score (nSPS) is 27.9. The molecule has 1 rings (SSSR count). The molecule has 0 aliphatic carbocycles. The Morgan fingerprint density at radius 3 is 1.24 bits per heavy atom. The molecule has 13 heteroatoms. The first-order chi connectivity index (χ1) is 6.43. The van der Waals surface area contributed by atoms with Crippen LogP contribution in [0.4, 0.5) is 0 Å². The summed E-state index contributed by atoms with van der Waals surface area (Å²) >= 11 is 0. The van der Waals surface area contributed by atoms with Crippen LogP contribution in [0.25, 0.3) is 0 Å². The van der Waals surface area contributed by atoms with Crippen molar-refractivity contribution in [2.75, 3.05) is 11.5 Å². The van der Waals surface area contributed by atoms with Gasteiger partial charge in [-0.3, -0.25) is 9.11 Å². The van der Waals surface area contributed by atoms with Crippen molar-refractivity contribution in [3.8, 4) is 0 Å². The molecule has 92 valence electrons. The zero-order chi connectivity index (χ0) is 12.1. The van der Waals surface area contributed by atoms with Crippen molar-refractivity contribution in [2.24, 2.45) is 0 Å². The monoisotopic (exact) mass is 326 g/mol. The van der Waals surface area contributed by atoms with Crippen LogP contribution in [0.2, 0.25) is 0 Å². The molecule has 2 unspecified atom stereocenters. The zero-order valence-corrected chi connectivity index (χ0v) is 15.6. The molecule has 0 aromatic heterocycles. The fourth-order valence-corrected chi connectivity index (χ4v) is 7.61. The molecule has 8 nitrogen and oxygen atoms in total. The maximum atomic E-state index is 11.0. The third-order valence-electron chi connectivity index (χ3n) is 2.02. The molecule has 2 atom stereocenters. The van der Waals surface area contributed by atoms with Gasteiger partial charge in [-0.1, -0.05) is 0 Å². The molecule has 2 N–H and O–H groups in total. The van der Waals surface area contributed by atoms with Crippen LogP contribution in [-0.2, 0) is 30.1 Å². The van der Waals surface area contributed by atoms with Gasteiger partial charge in [0.25, 0.3) is 20.2 Å². The molecule has 1 saturated heterocycles. The molecule has 1 aliphatic rings. The maximum Gasteiger partial charge on any atom is 0.270 e. The summed E-state index contributed by atoms with van der Waals surface area (Å²) in [5, 5.41) is -4.03. The van der Waals surface area contributed by atoms with Crippen molar-refractivity contribution in [1.29, 1.82) is 0 Å². The van der Waals surface area contributed by atoms with Crippen molar-refractivity contribution in [3.05, 3.63) is 0 Å². The summed E-state index contributed by atoms with van der Waals surface area (Å²) in [5.74, 6) is -2.01. The second-order valence-corrected chi connectivity index (χ2v) is 8.61. The van der Waals surface area contributed by atoms with Crippen LogP contribution in [0, 0.1) is 0 Å². The maximum absolute atomic E-state index is 11.0. The molecule has 0 bridgehead atoms. The first-order valence-corrected chi connectivity index (χ1v) is 8.39. The Balaban J connectivity index is 0. The van der Waals surface area contributed by atoms with Crippen molar-refractivity contribution in [1.82, 2.24) is 0 Å². The Hall–Kier alpha value is 1.77. The van der Waals surface area contributed by atoms with Crippen molar-refractivity contribution in [2.45, 2.75) is 10.5 Å². The molecular formula is C4H8Na2O8S3. The minimum absolute atomic E-state index is 0. The summed E-state index contributed by atoms with van der Waals surface area (Å²) < 4.78 is 82.0. The van der Waals surface area contributed by atoms with Gasteiger partial charge in [0.05, 0.1) is 11.5 Å². The summed E-state index contributed by atoms with van der Waals surface area (Å²) in [4.78, 5) is 0. The molecule has 1 heterocycles. The molecule has 17 heavy (non-hydrogen) atoms. The predicted molar refractivity (Wildman–Crippen MR) is 60.8 cm³/mol. The van der Waals surface area contributed by atoms with Gasteiger partial charge in [-0.2, -0.15) is 16.8 Å². The molecule has 0 aromatic carbocycles. The number of rotatable bonds is 2. The largest absolute Gasteiger partial charge is 0.285 e. The Bertz CT molecular complexity index is 514. The molecule has 0 saturated carbocycles. The van der Waals surface area contributed by atoms with E-state index in [1.165, 1.54) is 0 Å². The molecule has 0 amide bonds. The van der Waals surface area contributed by atoms with E-state index >= 15 is 0 Å². The quantitative estimate of drug-likeness (QED) is 0.408. The summed E-state index contributed by atoms with van der Waals surface area (Å²) in [6, 6.07) is 0. The van der Waals surface area contributed by atoms with Gasteiger partial charge in [-0.15, -0.1) is 0 Å². The van der Waals surface area contributed by atoms with Crippen LogP contribution in [-0.4, -0.2) is 115 Å². The second kappa shape index (κ2) is 6.48. The van der Waals surface area contributed by atoms with Gasteiger partial charge < -0.3 is 0 Å². The zero-order valence-electron chi connectivity index (χ0n) is 9.14. The molecule has 2 radical (unpaired) electrons. The summed E-state index contributed by atoms with van der Waals surface area (Å²) in [7, 11) is -13.5. The average molecular weight is 326 g/mol. The second-order valence-electron chi connectivity index (χ2n) is 3.18. The van der Waals surface area contributed by atoms with Gasteiger partial charge >= 0.3 is 0 Å². The van der Waals surface area contributed by atoms with Gasteiger partial charge in [0.15, 0.2) is 9.84 Å². The van der Waals surface area contributed by atoms with Crippen LogP contribution >= 0.6 is 0 Å². The van der Waals surface area contributed by atoms with Gasteiger partial charge in [-0.05, 0) is 0 Å². The van der Waals surface area contributed by atoms with Crippen LogP contribution in [0.15, 0.2) is 0 Å². The molecule has 0 spiro atoms. The van der Waals surface area contributed by atoms with E-state index < -0.39 is 52.1 Å². The third-order valence-corrected chi connectivity index (χ3v) is 6.87. The minimum atomic E-state index is -4.82. The van der Waals surface area contributed by atoms with Gasteiger partial charge in [0, 0.05) is 59.1 Å². The van der Waals surface area contributed by atoms with Crippen molar-refractivity contribution < 1.29 is 34.4 Å². The molecule has 1 fully saturated rings. The van der Waals surface area contributed by atoms with E-state index in [9.17, 15) is 25.3 Å². The van der Waals surface area contributed by atoms with E-state index in [0.29, 0.717) is 0 Å². The topological polar surface area (TPSA) is 143 Å². The average Bonchev–Trinajstić information content (AvgIpc) is 2.23. The molecule has 0 aromatic rings. The van der Waals surface area contributed by atoms with E-state index in [2.05, 4.69) is 0 Å². The molecular weight excluding hydrogens is 318 g/mol. The minimum Gasteiger partial charge on any atom is -0.285 e. The fraction of sp³-hybridized carbons (Fsp3) is 1.00. The van der Waals surface area contributed by atoms with Gasteiger partial charge in [0.2, 0.25) is 0 Å². The Labute approximate surface area is 144 Å². The van der Waals surface area contributed by atoms with E-state index in [1.807, 2.05) is 0 Å².